The van der Waals surface area contributed by atoms with Crippen LogP contribution >= 0.6 is 0 Å². The molecule has 0 fully saturated rings. The van der Waals surface area contributed by atoms with E-state index >= 15 is 0 Å². The molecule has 0 spiro atoms. The average Bonchev–Trinajstić information content (AvgIpc) is 3.18. The van der Waals surface area contributed by atoms with Gasteiger partial charge in [-0.1, -0.05) is 24.8 Å². The second kappa shape index (κ2) is 13.2. The molecule has 0 saturated heterocycles. The molecule has 1 unspecified atom stereocenters. The van der Waals surface area contributed by atoms with Gasteiger partial charge in [0.05, 0.1) is 18.3 Å². The number of halogens is 1. The molecule has 0 radical (unpaired) electrons. The number of pyridine rings is 1. The van der Waals surface area contributed by atoms with Gasteiger partial charge in [-0.3, -0.25) is 9.69 Å². The molecule has 1 aliphatic rings. The van der Waals surface area contributed by atoms with Crippen molar-refractivity contribution in [3.8, 4) is 0 Å². The maximum atomic E-state index is 14.6. The van der Waals surface area contributed by atoms with Crippen molar-refractivity contribution < 1.29 is 13.9 Å². The standard InChI is InChI=1S/C28H38FN5O2/c1-6-7-9-21-12-14-26(32-28(21)30-3)34(19-35)18-23(36-5)10-8-15-31-17-24-25(29)13-11-22-16-20(2)33(4)27(22)24/h6,11-14,19,23,31H,1-2,7-10,15-18H2,3-5H3,(H,30,32). The summed E-state index contributed by atoms with van der Waals surface area (Å²) in [6, 6.07) is 7.23. The molecule has 8 heteroatoms. The third kappa shape index (κ3) is 6.50. The van der Waals surface area contributed by atoms with Gasteiger partial charge in [0, 0.05) is 45.4 Å². The van der Waals surface area contributed by atoms with Gasteiger partial charge in [0.15, 0.2) is 0 Å². The third-order valence-corrected chi connectivity index (χ3v) is 6.67. The number of benzene rings is 1. The second-order valence-corrected chi connectivity index (χ2v) is 9.02. The zero-order valence-corrected chi connectivity index (χ0v) is 21.6. The minimum Gasteiger partial charge on any atom is -0.380 e. The number of anilines is 3. The Balaban J connectivity index is 1.53. The molecule has 0 bridgehead atoms. The van der Waals surface area contributed by atoms with E-state index in [9.17, 15) is 9.18 Å². The van der Waals surface area contributed by atoms with Crippen LogP contribution in [0.5, 0.6) is 0 Å². The number of hydrogen-bond acceptors (Lipinski definition) is 6. The first-order valence-corrected chi connectivity index (χ1v) is 12.4. The number of carbonyl (C=O) groups is 1. The van der Waals surface area contributed by atoms with Crippen molar-refractivity contribution in [2.45, 2.75) is 44.8 Å². The molecular formula is C28H38FN5O2. The molecule has 2 N–H and O–H groups in total. The van der Waals surface area contributed by atoms with E-state index in [0.29, 0.717) is 31.0 Å². The predicted molar refractivity (Wildman–Crippen MR) is 145 cm³/mol. The van der Waals surface area contributed by atoms with Crippen LogP contribution in [0.4, 0.5) is 21.7 Å². The topological polar surface area (TPSA) is 69.7 Å². The molecule has 3 rings (SSSR count). The Morgan fingerprint density at radius 1 is 1.33 bits per heavy atom. The van der Waals surface area contributed by atoms with Gasteiger partial charge in [0.1, 0.15) is 17.5 Å². The minimum absolute atomic E-state index is 0.149. The van der Waals surface area contributed by atoms with E-state index in [-0.39, 0.29) is 11.9 Å². The summed E-state index contributed by atoms with van der Waals surface area (Å²) in [4.78, 5) is 20.0. The number of aryl methyl sites for hydroxylation is 1. The fraction of sp³-hybridized carbons (Fsp3) is 0.429. The number of hydrogen-bond donors (Lipinski definition) is 2. The fourth-order valence-corrected chi connectivity index (χ4v) is 4.56. The van der Waals surface area contributed by atoms with Gasteiger partial charge in [-0.25, -0.2) is 9.37 Å². The van der Waals surface area contributed by atoms with Crippen molar-refractivity contribution in [2.75, 3.05) is 49.4 Å². The lowest BCUT2D eigenvalue weighted by Crippen LogP contribution is -2.33. The number of aromatic nitrogens is 1. The van der Waals surface area contributed by atoms with E-state index in [1.165, 1.54) is 6.07 Å². The average molecular weight is 496 g/mol. The maximum Gasteiger partial charge on any atom is 0.215 e. The molecule has 0 saturated carbocycles. The van der Waals surface area contributed by atoms with Crippen LogP contribution in [-0.4, -0.2) is 51.8 Å². The lowest BCUT2D eigenvalue weighted by molar-refractivity contribution is -0.107. The Labute approximate surface area is 214 Å². The number of nitrogens with one attached hydrogen (secondary N) is 2. The zero-order chi connectivity index (χ0) is 26.1. The lowest BCUT2D eigenvalue weighted by atomic mass is 10.1. The zero-order valence-electron chi connectivity index (χ0n) is 21.6. The number of ether oxygens (including phenoxy) is 1. The number of methoxy groups -OCH3 is 1. The number of allylic oxidation sites excluding steroid dienone is 2. The van der Waals surface area contributed by atoms with Crippen LogP contribution in [0.3, 0.4) is 0 Å². The predicted octanol–water partition coefficient (Wildman–Crippen LogP) is 4.43. The highest BCUT2D eigenvalue weighted by molar-refractivity contribution is 5.74. The third-order valence-electron chi connectivity index (χ3n) is 6.67. The molecule has 7 nitrogen and oxygen atoms in total. The van der Waals surface area contributed by atoms with Crippen LogP contribution in [-0.2, 0) is 28.9 Å². The molecule has 1 aromatic carbocycles. The normalized spacial score (nSPS) is 13.4. The van der Waals surface area contributed by atoms with Gasteiger partial charge in [-0.15, -0.1) is 6.58 Å². The van der Waals surface area contributed by atoms with Crippen molar-refractivity contribution >= 4 is 23.7 Å². The molecule has 1 amide bonds. The Hall–Kier alpha value is -3.23. The number of likely N-dealkylation sites (N-methyl/N-ethyl adjacent to an activating group) is 1. The van der Waals surface area contributed by atoms with Gasteiger partial charge in [-0.05, 0) is 55.5 Å². The molecule has 1 atom stereocenters. The SMILES string of the molecule is C=CCCc1ccc(N(C=O)CC(CCCNCc2c(F)ccc3c2N(C)C(=C)C3)OC)nc1NC. The van der Waals surface area contributed by atoms with Gasteiger partial charge >= 0.3 is 0 Å². The highest BCUT2D eigenvalue weighted by atomic mass is 19.1. The van der Waals surface area contributed by atoms with Crippen molar-refractivity contribution in [2.24, 2.45) is 0 Å². The van der Waals surface area contributed by atoms with Crippen molar-refractivity contribution in [1.82, 2.24) is 10.3 Å². The molecule has 36 heavy (non-hydrogen) atoms. The van der Waals surface area contributed by atoms with Crippen LogP contribution in [0, 0.1) is 5.82 Å². The molecule has 194 valence electrons. The molecule has 1 aliphatic heterocycles. The van der Waals surface area contributed by atoms with Crippen molar-refractivity contribution in [1.29, 1.82) is 0 Å². The number of fused-ring (bicyclic) bond motifs is 1. The van der Waals surface area contributed by atoms with Gasteiger partial charge in [0.25, 0.3) is 0 Å². The van der Waals surface area contributed by atoms with Gasteiger partial charge in [-0.2, -0.15) is 0 Å². The Kier molecular flexibility index (Phi) is 10.0. The van der Waals surface area contributed by atoms with Crippen LogP contribution in [0.1, 0.15) is 36.0 Å². The first-order chi connectivity index (χ1) is 17.4. The highest BCUT2D eigenvalue weighted by Gasteiger charge is 2.24. The van der Waals surface area contributed by atoms with E-state index in [1.807, 2.05) is 43.3 Å². The van der Waals surface area contributed by atoms with E-state index in [2.05, 4.69) is 28.8 Å². The quantitative estimate of drug-likeness (QED) is 0.216. The largest absolute Gasteiger partial charge is 0.380 e. The summed E-state index contributed by atoms with van der Waals surface area (Å²) in [5, 5.41) is 6.48. The minimum atomic E-state index is -0.205. The van der Waals surface area contributed by atoms with E-state index in [0.717, 1.165) is 66.8 Å². The number of carbonyl (C=O) groups excluding carboxylic acids is 1. The molecule has 2 aromatic rings. The summed E-state index contributed by atoms with van der Waals surface area (Å²) < 4.78 is 20.2. The van der Waals surface area contributed by atoms with E-state index in [4.69, 9.17) is 4.74 Å². The highest BCUT2D eigenvalue weighted by Crippen LogP contribution is 2.36. The Morgan fingerprint density at radius 2 is 2.14 bits per heavy atom. The van der Waals surface area contributed by atoms with Crippen LogP contribution in [0.15, 0.2) is 49.2 Å². The van der Waals surface area contributed by atoms with Gasteiger partial charge < -0.3 is 20.3 Å². The van der Waals surface area contributed by atoms with Crippen LogP contribution < -0.4 is 20.4 Å². The summed E-state index contributed by atoms with van der Waals surface area (Å²) in [6.07, 6.45) is 6.53. The van der Waals surface area contributed by atoms with Crippen LogP contribution in [0.2, 0.25) is 0 Å². The van der Waals surface area contributed by atoms with Crippen LogP contribution in [0.25, 0.3) is 0 Å². The number of rotatable bonds is 15. The van der Waals surface area contributed by atoms with Crippen molar-refractivity contribution in [3.63, 3.8) is 0 Å². The lowest BCUT2D eigenvalue weighted by Gasteiger charge is -2.24. The second-order valence-electron chi connectivity index (χ2n) is 9.02. The maximum absolute atomic E-state index is 14.6. The van der Waals surface area contributed by atoms with Gasteiger partial charge in [0.2, 0.25) is 6.41 Å². The molecule has 1 aromatic heterocycles. The van der Waals surface area contributed by atoms with E-state index in [1.54, 1.807) is 12.0 Å². The first-order valence-electron chi connectivity index (χ1n) is 12.4. The monoisotopic (exact) mass is 495 g/mol. The molecule has 0 aliphatic carbocycles. The summed E-state index contributed by atoms with van der Waals surface area (Å²) in [6.45, 7) is 9.38. The first kappa shape index (κ1) is 27.4. The summed E-state index contributed by atoms with van der Waals surface area (Å²) in [5.41, 5.74) is 4.76. The number of amides is 1. The summed E-state index contributed by atoms with van der Waals surface area (Å²) >= 11 is 0. The Morgan fingerprint density at radius 3 is 2.83 bits per heavy atom. The smallest absolute Gasteiger partial charge is 0.215 e. The number of nitrogens with zero attached hydrogens (tertiary/aromatic N) is 3. The summed E-state index contributed by atoms with van der Waals surface area (Å²) in [5.74, 6) is 1.13. The van der Waals surface area contributed by atoms with Crippen molar-refractivity contribution in [3.05, 3.63) is 71.7 Å². The molecular weight excluding hydrogens is 457 g/mol. The summed E-state index contributed by atoms with van der Waals surface area (Å²) in [7, 11) is 5.41. The Bertz CT molecular complexity index is 1070. The molecule has 2 heterocycles. The fourth-order valence-electron chi connectivity index (χ4n) is 4.56. The van der Waals surface area contributed by atoms with E-state index < -0.39 is 0 Å².